The lowest BCUT2D eigenvalue weighted by molar-refractivity contribution is -0.145. The Morgan fingerprint density at radius 3 is 2.79 bits per heavy atom. The van der Waals surface area contributed by atoms with Crippen LogP contribution in [-0.2, 0) is 19.1 Å². The number of likely N-dealkylation sites (N-methyl/N-ethyl adjacent to an activating group) is 1. The molecule has 1 aliphatic rings. The van der Waals surface area contributed by atoms with Gasteiger partial charge in [0, 0.05) is 12.1 Å². The second kappa shape index (κ2) is 8.14. The van der Waals surface area contributed by atoms with Crippen LogP contribution in [0.1, 0.15) is 19.4 Å². The minimum Gasteiger partial charge on any atom is -0.488 e. The highest BCUT2D eigenvalue weighted by Crippen LogP contribution is 2.25. The van der Waals surface area contributed by atoms with Crippen LogP contribution in [0.15, 0.2) is 29.8 Å². The number of para-hydroxylation sites is 1. The molecule has 24 heavy (non-hydrogen) atoms. The third-order valence-corrected chi connectivity index (χ3v) is 3.35. The van der Waals surface area contributed by atoms with E-state index >= 15 is 0 Å². The molecule has 0 unspecified atom stereocenters. The van der Waals surface area contributed by atoms with E-state index in [0.717, 1.165) is 5.56 Å². The number of amides is 2. The molecular weight excluding hydrogens is 312 g/mol. The molecule has 0 saturated carbocycles. The number of nitrogens with one attached hydrogen (secondary N) is 2. The number of carbonyl (C=O) groups excluding carboxylic acids is 3. The molecule has 0 aromatic heterocycles. The van der Waals surface area contributed by atoms with Crippen molar-refractivity contribution in [1.82, 2.24) is 10.6 Å². The maximum Gasteiger partial charge on any atom is 0.338 e. The van der Waals surface area contributed by atoms with Gasteiger partial charge in [0.1, 0.15) is 18.4 Å². The fourth-order valence-electron chi connectivity index (χ4n) is 2.13. The van der Waals surface area contributed by atoms with Crippen molar-refractivity contribution in [3.63, 3.8) is 0 Å². The first-order chi connectivity index (χ1) is 11.5. The minimum absolute atomic E-state index is 0.0901. The van der Waals surface area contributed by atoms with Crippen LogP contribution < -0.4 is 15.4 Å². The quantitative estimate of drug-likeness (QED) is 0.746. The molecule has 0 radical (unpaired) electrons. The SMILES string of the molecule is CCNC(=O)[C@@H](C)NC(=O)COC(=O)C1=Cc2ccccc2OC1. The predicted octanol–water partition coefficient (Wildman–Crippen LogP) is 0.646. The highest BCUT2D eigenvalue weighted by atomic mass is 16.5. The topological polar surface area (TPSA) is 93.7 Å². The first kappa shape index (κ1) is 17.5. The summed E-state index contributed by atoms with van der Waals surface area (Å²) >= 11 is 0. The van der Waals surface area contributed by atoms with Gasteiger partial charge in [-0.25, -0.2) is 4.79 Å². The number of fused-ring (bicyclic) bond motifs is 1. The molecule has 2 N–H and O–H groups in total. The molecule has 1 atom stereocenters. The number of carbonyl (C=O) groups is 3. The first-order valence-corrected chi connectivity index (χ1v) is 7.68. The van der Waals surface area contributed by atoms with Gasteiger partial charge in [-0.15, -0.1) is 0 Å². The smallest absolute Gasteiger partial charge is 0.338 e. The Morgan fingerprint density at radius 2 is 2.04 bits per heavy atom. The molecule has 128 valence electrons. The van der Waals surface area contributed by atoms with E-state index in [1.165, 1.54) is 0 Å². The summed E-state index contributed by atoms with van der Waals surface area (Å²) in [6.07, 6.45) is 1.68. The molecule has 0 aliphatic carbocycles. The van der Waals surface area contributed by atoms with E-state index in [9.17, 15) is 14.4 Å². The highest BCUT2D eigenvalue weighted by molar-refractivity contribution is 5.96. The van der Waals surface area contributed by atoms with Crippen LogP contribution in [0.4, 0.5) is 0 Å². The van der Waals surface area contributed by atoms with Gasteiger partial charge in [0.2, 0.25) is 5.91 Å². The van der Waals surface area contributed by atoms with Crippen molar-refractivity contribution < 1.29 is 23.9 Å². The molecule has 2 rings (SSSR count). The zero-order chi connectivity index (χ0) is 17.5. The summed E-state index contributed by atoms with van der Waals surface area (Å²) in [4.78, 5) is 35.3. The monoisotopic (exact) mass is 332 g/mol. The van der Waals surface area contributed by atoms with Crippen LogP contribution in [-0.4, -0.2) is 43.6 Å². The molecule has 1 aromatic rings. The van der Waals surface area contributed by atoms with Crippen molar-refractivity contribution in [2.45, 2.75) is 19.9 Å². The summed E-state index contributed by atoms with van der Waals surface area (Å²) in [6.45, 7) is 3.45. The average molecular weight is 332 g/mol. The van der Waals surface area contributed by atoms with E-state index in [2.05, 4.69) is 10.6 Å². The molecule has 7 nitrogen and oxygen atoms in total. The molecule has 0 bridgehead atoms. The standard InChI is InChI=1S/C17H20N2O5/c1-3-18-16(21)11(2)19-15(20)10-24-17(22)13-8-12-6-4-5-7-14(12)23-9-13/h4-8,11H,3,9-10H2,1-2H3,(H,18,21)(H,19,20)/t11-/m1/s1. The second-order valence-electron chi connectivity index (χ2n) is 5.26. The van der Waals surface area contributed by atoms with Gasteiger partial charge >= 0.3 is 5.97 Å². The molecule has 1 aromatic carbocycles. The molecule has 2 amide bonds. The Kier molecular flexibility index (Phi) is 5.95. The van der Waals surface area contributed by atoms with Gasteiger partial charge in [0.15, 0.2) is 6.61 Å². The number of benzene rings is 1. The number of esters is 1. The van der Waals surface area contributed by atoms with Crippen LogP contribution >= 0.6 is 0 Å². The third kappa shape index (κ3) is 4.58. The average Bonchev–Trinajstić information content (AvgIpc) is 2.59. The predicted molar refractivity (Wildman–Crippen MR) is 87.2 cm³/mol. The van der Waals surface area contributed by atoms with Crippen LogP contribution in [0.25, 0.3) is 6.08 Å². The third-order valence-electron chi connectivity index (χ3n) is 3.35. The minimum atomic E-state index is -0.694. The Balaban J connectivity index is 1.84. The zero-order valence-electron chi connectivity index (χ0n) is 13.6. The van der Waals surface area contributed by atoms with Crippen molar-refractivity contribution in [2.24, 2.45) is 0 Å². The van der Waals surface area contributed by atoms with Gasteiger partial charge in [-0.2, -0.15) is 0 Å². The maximum absolute atomic E-state index is 12.0. The van der Waals surface area contributed by atoms with Crippen molar-refractivity contribution >= 4 is 23.9 Å². The summed E-state index contributed by atoms with van der Waals surface area (Å²) in [7, 11) is 0. The lowest BCUT2D eigenvalue weighted by atomic mass is 10.1. The molecule has 1 heterocycles. The number of rotatable bonds is 6. The number of hydrogen-bond acceptors (Lipinski definition) is 5. The van der Waals surface area contributed by atoms with Crippen LogP contribution in [0.3, 0.4) is 0 Å². The number of hydrogen-bond donors (Lipinski definition) is 2. The Bertz CT molecular complexity index is 669. The van der Waals surface area contributed by atoms with E-state index in [1.54, 1.807) is 19.9 Å². The van der Waals surface area contributed by atoms with Crippen molar-refractivity contribution in [1.29, 1.82) is 0 Å². The Hall–Kier alpha value is -2.83. The fourth-order valence-corrected chi connectivity index (χ4v) is 2.13. The van der Waals surface area contributed by atoms with Gasteiger partial charge in [0.25, 0.3) is 5.91 Å². The summed E-state index contributed by atoms with van der Waals surface area (Å²) in [6, 6.07) is 6.62. The maximum atomic E-state index is 12.0. The summed E-state index contributed by atoms with van der Waals surface area (Å²) in [5, 5.41) is 5.05. The molecular formula is C17H20N2O5. The van der Waals surface area contributed by atoms with Gasteiger partial charge in [-0.1, -0.05) is 18.2 Å². The Labute approximate surface area is 140 Å². The Morgan fingerprint density at radius 1 is 1.29 bits per heavy atom. The lowest BCUT2D eigenvalue weighted by Crippen LogP contribution is -2.46. The fraction of sp³-hybridized carbons (Fsp3) is 0.353. The van der Waals surface area contributed by atoms with E-state index in [-0.39, 0.29) is 12.5 Å². The normalized spacial score (nSPS) is 13.7. The summed E-state index contributed by atoms with van der Waals surface area (Å²) in [5.41, 5.74) is 1.11. The van der Waals surface area contributed by atoms with Gasteiger partial charge in [0.05, 0.1) is 5.57 Å². The number of ether oxygens (including phenoxy) is 2. The second-order valence-corrected chi connectivity index (χ2v) is 5.26. The first-order valence-electron chi connectivity index (χ1n) is 7.68. The summed E-state index contributed by atoms with van der Waals surface area (Å²) in [5.74, 6) is -0.759. The van der Waals surface area contributed by atoms with Crippen LogP contribution in [0.5, 0.6) is 5.75 Å². The summed E-state index contributed by atoms with van der Waals surface area (Å²) < 4.78 is 10.4. The largest absolute Gasteiger partial charge is 0.488 e. The van der Waals surface area contributed by atoms with E-state index in [4.69, 9.17) is 9.47 Å². The van der Waals surface area contributed by atoms with Crippen molar-refractivity contribution in [3.8, 4) is 5.75 Å². The van der Waals surface area contributed by atoms with E-state index < -0.39 is 24.5 Å². The molecule has 1 aliphatic heterocycles. The van der Waals surface area contributed by atoms with Gasteiger partial charge < -0.3 is 20.1 Å². The van der Waals surface area contributed by atoms with E-state index in [1.807, 2.05) is 24.3 Å². The molecule has 0 saturated heterocycles. The van der Waals surface area contributed by atoms with Crippen LogP contribution in [0.2, 0.25) is 0 Å². The zero-order valence-corrected chi connectivity index (χ0v) is 13.6. The van der Waals surface area contributed by atoms with Crippen LogP contribution in [0, 0.1) is 0 Å². The van der Waals surface area contributed by atoms with Crippen molar-refractivity contribution in [2.75, 3.05) is 19.8 Å². The molecule has 0 fully saturated rings. The molecule has 7 heteroatoms. The van der Waals surface area contributed by atoms with Gasteiger partial charge in [-0.05, 0) is 26.0 Å². The van der Waals surface area contributed by atoms with Crippen molar-refractivity contribution in [3.05, 3.63) is 35.4 Å². The van der Waals surface area contributed by atoms with E-state index in [0.29, 0.717) is 17.9 Å². The molecule has 0 spiro atoms. The highest BCUT2D eigenvalue weighted by Gasteiger charge is 2.20. The van der Waals surface area contributed by atoms with Gasteiger partial charge in [-0.3, -0.25) is 9.59 Å². The lowest BCUT2D eigenvalue weighted by Gasteiger charge is -2.17.